The standard InChI is InChI=1S/C20H29N3O2.ClH/c1-3-14(2)17-8-4-5-9-18(17)23-13-15(11-19(23)24)20(25)22-12-16-7-6-10-21-16;/h4-5,8-9,14-16,21H,3,6-7,10-13H2,1-2H3,(H,22,25);1H. The highest BCUT2D eigenvalue weighted by Crippen LogP contribution is 2.33. The van der Waals surface area contributed by atoms with Gasteiger partial charge in [0.2, 0.25) is 11.8 Å². The van der Waals surface area contributed by atoms with Crippen molar-refractivity contribution in [2.75, 3.05) is 24.5 Å². The maximum absolute atomic E-state index is 12.5. The molecule has 2 aliphatic heterocycles. The second kappa shape index (κ2) is 9.38. The fraction of sp³-hybridized carbons (Fsp3) is 0.600. The third-order valence-electron chi connectivity index (χ3n) is 5.55. The Morgan fingerprint density at radius 1 is 1.38 bits per heavy atom. The lowest BCUT2D eigenvalue weighted by atomic mass is 9.96. The Hall–Kier alpha value is -1.59. The summed E-state index contributed by atoms with van der Waals surface area (Å²) in [5.41, 5.74) is 2.16. The Morgan fingerprint density at radius 2 is 2.15 bits per heavy atom. The summed E-state index contributed by atoms with van der Waals surface area (Å²) in [4.78, 5) is 26.8. The number of carbonyl (C=O) groups is 2. The van der Waals surface area contributed by atoms with E-state index >= 15 is 0 Å². The number of benzene rings is 1. The van der Waals surface area contributed by atoms with Crippen molar-refractivity contribution in [1.29, 1.82) is 0 Å². The first-order valence-corrected chi connectivity index (χ1v) is 9.50. The van der Waals surface area contributed by atoms with E-state index in [1.54, 1.807) is 4.90 Å². The predicted octanol–water partition coefficient (Wildman–Crippen LogP) is 2.84. The van der Waals surface area contributed by atoms with Crippen molar-refractivity contribution in [3.05, 3.63) is 29.8 Å². The molecule has 3 rings (SSSR count). The molecule has 0 bridgehead atoms. The smallest absolute Gasteiger partial charge is 0.227 e. The highest BCUT2D eigenvalue weighted by molar-refractivity contribution is 6.00. The summed E-state index contributed by atoms with van der Waals surface area (Å²) in [6.45, 7) is 6.50. The summed E-state index contributed by atoms with van der Waals surface area (Å²) in [6.07, 6.45) is 3.61. The van der Waals surface area contributed by atoms with Gasteiger partial charge in [-0.05, 0) is 43.4 Å². The summed E-state index contributed by atoms with van der Waals surface area (Å²) in [5.74, 6) is 0.199. The van der Waals surface area contributed by atoms with Gasteiger partial charge in [-0.3, -0.25) is 9.59 Å². The van der Waals surface area contributed by atoms with E-state index in [4.69, 9.17) is 0 Å². The molecular formula is C20H30ClN3O2. The third-order valence-corrected chi connectivity index (χ3v) is 5.55. The van der Waals surface area contributed by atoms with Crippen LogP contribution in [0.5, 0.6) is 0 Å². The first kappa shape index (κ1) is 20.7. The molecule has 5 nitrogen and oxygen atoms in total. The molecular weight excluding hydrogens is 350 g/mol. The topological polar surface area (TPSA) is 61.4 Å². The van der Waals surface area contributed by atoms with Crippen molar-refractivity contribution in [2.24, 2.45) is 5.92 Å². The van der Waals surface area contributed by atoms with Gasteiger partial charge in [0, 0.05) is 31.2 Å². The van der Waals surface area contributed by atoms with Crippen LogP contribution in [0.2, 0.25) is 0 Å². The van der Waals surface area contributed by atoms with Gasteiger partial charge in [-0.25, -0.2) is 0 Å². The second-order valence-corrected chi connectivity index (χ2v) is 7.31. The third kappa shape index (κ3) is 4.57. The van der Waals surface area contributed by atoms with Crippen molar-refractivity contribution in [2.45, 2.75) is 51.5 Å². The summed E-state index contributed by atoms with van der Waals surface area (Å²) >= 11 is 0. The zero-order chi connectivity index (χ0) is 17.8. The highest BCUT2D eigenvalue weighted by atomic mass is 35.5. The Labute approximate surface area is 162 Å². The molecule has 0 aromatic heterocycles. The van der Waals surface area contributed by atoms with Crippen molar-refractivity contribution < 1.29 is 9.59 Å². The predicted molar refractivity (Wildman–Crippen MR) is 107 cm³/mol. The Balaban J connectivity index is 0.00000243. The number of rotatable bonds is 6. The largest absolute Gasteiger partial charge is 0.354 e. The maximum Gasteiger partial charge on any atom is 0.227 e. The molecule has 2 saturated heterocycles. The summed E-state index contributed by atoms with van der Waals surface area (Å²) in [5, 5.41) is 6.41. The van der Waals surface area contributed by atoms with Crippen LogP contribution in [0.25, 0.3) is 0 Å². The van der Waals surface area contributed by atoms with Gasteiger partial charge >= 0.3 is 0 Å². The van der Waals surface area contributed by atoms with E-state index in [1.807, 2.05) is 18.2 Å². The van der Waals surface area contributed by atoms with Gasteiger partial charge in [0.05, 0.1) is 5.92 Å². The van der Waals surface area contributed by atoms with Gasteiger partial charge < -0.3 is 15.5 Å². The highest BCUT2D eigenvalue weighted by Gasteiger charge is 2.36. The number of nitrogens with zero attached hydrogens (tertiary/aromatic N) is 1. The number of para-hydroxylation sites is 1. The molecule has 2 aliphatic rings. The zero-order valence-corrected chi connectivity index (χ0v) is 16.5. The number of nitrogens with one attached hydrogen (secondary N) is 2. The van der Waals surface area contributed by atoms with Gasteiger partial charge in [-0.15, -0.1) is 12.4 Å². The van der Waals surface area contributed by atoms with Crippen LogP contribution in [0.1, 0.15) is 51.0 Å². The lowest BCUT2D eigenvalue weighted by molar-refractivity contribution is -0.126. The average Bonchev–Trinajstić information content (AvgIpc) is 3.28. The molecule has 1 aromatic rings. The summed E-state index contributed by atoms with van der Waals surface area (Å²) in [7, 11) is 0. The minimum Gasteiger partial charge on any atom is -0.354 e. The van der Waals surface area contributed by atoms with Gasteiger partial charge in [0.15, 0.2) is 0 Å². The Bertz CT molecular complexity index is 631. The normalized spacial score (nSPS) is 23.6. The van der Waals surface area contributed by atoms with E-state index in [0.717, 1.165) is 25.1 Å². The fourth-order valence-electron chi connectivity index (χ4n) is 3.79. The quantitative estimate of drug-likeness (QED) is 0.798. The minimum absolute atomic E-state index is 0. The minimum atomic E-state index is -0.251. The molecule has 2 heterocycles. The van der Waals surface area contributed by atoms with Crippen LogP contribution in [0.3, 0.4) is 0 Å². The molecule has 2 amide bonds. The maximum atomic E-state index is 12.5. The number of hydrogen-bond acceptors (Lipinski definition) is 3. The number of amides is 2. The van der Waals surface area contributed by atoms with Crippen LogP contribution < -0.4 is 15.5 Å². The number of hydrogen-bond donors (Lipinski definition) is 2. The molecule has 0 saturated carbocycles. The molecule has 0 radical (unpaired) electrons. The second-order valence-electron chi connectivity index (χ2n) is 7.31. The van der Waals surface area contributed by atoms with Crippen molar-refractivity contribution >= 4 is 29.9 Å². The molecule has 3 atom stereocenters. The van der Waals surface area contributed by atoms with E-state index < -0.39 is 0 Å². The SMILES string of the molecule is CCC(C)c1ccccc1N1CC(C(=O)NCC2CCCN2)CC1=O.Cl. The lowest BCUT2D eigenvalue weighted by Gasteiger charge is -2.23. The van der Waals surface area contributed by atoms with E-state index in [2.05, 4.69) is 30.5 Å². The summed E-state index contributed by atoms with van der Waals surface area (Å²) in [6, 6.07) is 8.46. The molecule has 2 N–H and O–H groups in total. The molecule has 3 unspecified atom stereocenters. The number of halogens is 1. The molecule has 2 fully saturated rings. The van der Waals surface area contributed by atoms with E-state index in [9.17, 15) is 9.59 Å². The molecule has 1 aromatic carbocycles. The summed E-state index contributed by atoms with van der Waals surface area (Å²) < 4.78 is 0. The molecule has 6 heteroatoms. The van der Waals surface area contributed by atoms with E-state index in [0.29, 0.717) is 31.5 Å². The van der Waals surface area contributed by atoms with E-state index in [1.165, 1.54) is 12.0 Å². The first-order valence-electron chi connectivity index (χ1n) is 9.50. The molecule has 26 heavy (non-hydrogen) atoms. The molecule has 0 aliphatic carbocycles. The van der Waals surface area contributed by atoms with Crippen molar-refractivity contribution in [3.63, 3.8) is 0 Å². The number of carbonyl (C=O) groups excluding carboxylic acids is 2. The molecule has 144 valence electrons. The van der Waals surface area contributed by atoms with Crippen LogP contribution in [0.4, 0.5) is 5.69 Å². The van der Waals surface area contributed by atoms with Crippen LogP contribution in [-0.2, 0) is 9.59 Å². The van der Waals surface area contributed by atoms with Gasteiger partial charge in [0.25, 0.3) is 0 Å². The van der Waals surface area contributed by atoms with Crippen molar-refractivity contribution in [1.82, 2.24) is 10.6 Å². The Kier molecular flexibility index (Phi) is 7.47. The first-order chi connectivity index (χ1) is 12.1. The van der Waals surface area contributed by atoms with Crippen LogP contribution >= 0.6 is 12.4 Å². The van der Waals surface area contributed by atoms with Gasteiger partial charge in [-0.2, -0.15) is 0 Å². The molecule has 0 spiro atoms. The van der Waals surface area contributed by atoms with Gasteiger partial charge in [-0.1, -0.05) is 32.0 Å². The monoisotopic (exact) mass is 379 g/mol. The number of anilines is 1. The average molecular weight is 380 g/mol. The van der Waals surface area contributed by atoms with Crippen LogP contribution in [0, 0.1) is 5.92 Å². The zero-order valence-electron chi connectivity index (χ0n) is 15.7. The van der Waals surface area contributed by atoms with Crippen molar-refractivity contribution in [3.8, 4) is 0 Å². The van der Waals surface area contributed by atoms with E-state index in [-0.39, 0.29) is 30.1 Å². The fourth-order valence-corrected chi connectivity index (χ4v) is 3.79. The van der Waals surface area contributed by atoms with Crippen LogP contribution in [0.15, 0.2) is 24.3 Å². The van der Waals surface area contributed by atoms with Crippen LogP contribution in [-0.4, -0.2) is 37.5 Å². The Morgan fingerprint density at radius 3 is 2.85 bits per heavy atom. The lowest BCUT2D eigenvalue weighted by Crippen LogP contribution is -2.40. The van der Waals surface area contributed by atoms with Gasteiger partial charge in [0.1, 0.15) is 0 Å².